The van der Waals surface area contributed by atoms with Crippen LogP contribution in [0, 0.1) is 12.3 Å². The van der Waals surface area contributed by atoms with Gasteiger partial charge in [-0.1, -0.05) is 32.9 Å². The van der Waals surface area contributed by atoms with Gasteiger partial charge in [-0.2, -0.15) is 0 Å². The molecule has 1 heterocycles. The van der Waals surface area contributed by atoms with Crippen LogP contribution in [0.2, 0.25) is 0 Å². The standard InChI is InChI=1S/C13H17N/c1-9-6-5-7-11-10(9)8-12(14-11)13(2,3)4/h5-7H,8H2,1-4H3. The van der Waals surface area contributed by atoms with Crippen molar-refractivity contribution in [3.05, 3.63) is 29.3 Å². The van der Waals surface area contributed by atoms with Crippen LogP contribution in [-0.2, 0) is 6.42 Å². The molecule has 1 aromatic carbocycles. The second kappa shape index (κ2) is 2.94. The van der Waals surface area contributed by atoms with Gasteiger partial charge < -0.3 is 0 Å². The fourth-order valence-corrected chi connectivity index (χ4v) is 1.81. The number of hydrogen-bond acceptors (Lipinski definition) is 1. The van der Waals surface area contributed by atoms with Gasteiger partial charge in [0.05, 0.1) is 5.69 Å². The molecular formula is C13H17N. The number of aryl methyl sites for hydroxylation is 1. The van der Waals surface area contributed by atoms with Crippen molar-refractivity contribution in [2.75, 3.05) is 0 Å². The first-order chi connectivity index (χ1) is 6.48. The first kappa shape index (κ1) is 9.45. The van der Waals surface area contributed by atoms with E-state index in [0.717, 1.165) is 6.42 Å². The minimum Gasteiger partial charge on any atom is -0.257 e. The zero-order valence-corrected chi connectivity index (χ0v) is 9.39. The Bertz CT molecular complexity index is 394. The van der Waals surface area contributed by atoms with Gasteiger partial charge in [0.1, 0.15) is 0 Å². The number of benzene rings is 1. The van der Waals surface area contributed by atoms with Crippen LogP contribution in [0.15, 0.2) is 23.2 Å². The van der Waals surface area contributed by atoms with Crippen molar-refractivity contribution >= 4 is 11.4 Å². The number of aliphatic imine (C=N–C) groups is 1. The molecule has 0 fully saturated rings. The van der Waals surface area contributed by atoms with Gasteiger partial charge in [0.15, 0.2) is 0 Å². The lowest BCUT2D eigenvalue weighted by Crippen LogP contribution is -2.20. The average molecular weight is 187 g/mol. The summed E-state index contributed by atoms with van der Waals surface area (Å²) in [7, 11) is 0. The summed E-state index contributed by atoms with van der Waals surface area (Å²) < 4.78 is 0. The van der Waals surface area contributed by atoms with Crippen LogP contribution in [0.3, 0.4) is 0 Å². The minimum absolute atomic E-state index is 0.200. The van der Waals surface area contributed by atoms with Crippen molar-refractivity contribution in [1.29, 1.82) is 0 Å². The Morgan fingerprint density at radius 2 is 1.93 bits per heavy atom. The summed E-state index contributed by atoms with van der Waals surface area (Å²) in [5.74, 6) is 0. The molecule has 1 aliphatic rings. The molecule has 0 saturated carbocycles. The Morgan fingerprint density at radius 1 is 1.21 bits per heavy atom. The van der Waals surface area contributed by atoms with Crippen LogP contribution < -0.4 is 0 Å². The SMILES string of the molecule is Cc1cccc2c1CC(C(C)(C)C)=N2. The zero-order valence-electron chi connectivity index (χ0n) is 9.39. The van der Waals surface area contributed by atoms with E-state index in [4.69, 9.17) is 4.99 Å². The molecule has 0 saturated heterocycles. The van der Waals surface area contributed by atoms with E-state index in [1.165, 1.54) is 22.5 Å². The fourth-order valence-electron chi connectivity index (χ4n) is 1.81. The number of fused-ring (bicyclic) bond motifs is 1. The molecule has 0 aliphatic carbocycles. The summed E-state index contributed by atoms with van der Waals surface area (Å²) in [5, 5.41) is 0. The van der Waals surface area contributed by atoms with Gasteiger partial charge in [-0.05, 0) is 24.1 Å². The van der Waals surface area contributed by atoms with E-state index in [1.807, 2.05) is 0 Å². The molecule has 0 unspecified atom stereocenters. The molecule has 0 atom stereocenters. The normalized spacial score (nSPS) is 15.3. The highest BCUT2D eigenvalue weighted by molar-refractivity contribution is 5.97. The van der Waals surface area contributed by atoms with Crippen LogP contribution in [-0.4, -0.2) is 5.71 Å². The minimum atomic E-state index is 0.200. The van der Waals surface area contributed by atoms with Crippen LogP contribution in [0.4, 0.5) is 5.69 Å². The second-order valence-electron chi connectivity index (χ2n) is 5.06. The molecule has 0 radical (unpaired) electrons. The maximum absolute atomic E-state index is 4.70. The Balaban J connectivity index is 2.42. The largest absolute Gasteiger partial charge is 0.257 e. The van der Waals surface area contributed by atoms with Crippen LogP contribution in [0.1, 0.15) is 31.9 Å². The Kier molecular flexibility index (Phi) is 1.99. The summed E-state index contributed by atoms with van der Waals surface area (Å²) in [6.07, 6.45) is 1.03. The molecule has 1 nitrogen and oxygen atoms in total. The predicted molar refractivity (Wildman–Crippen MR) is 61.4 cm³/mol. The first-order valence-corrected chi connectivity index (χ1v) is 5.15. The van der Waals surface area contributed by atoms with Crippen LogP contribution in [0.25, 0.3) is 0 Å². The molecule has 0 spiro atoms. The van der Waals surface area contributed by atoms with E-state index in [1.54, 1.807) is 0 Å². The number of nitrogens with zero attached hydrogens (tertiary/aromatic N) is 1. The molecule has 0 amide bonds. The predicted octanol–water partition coefficient (Wildman–Crippen LogP) is 3.67. The van der Waals surface area contributed by atoms with Gasteiger partial charge in [0.25, 0.3) is 0 Å². The van der Waals surface area contributed by atoms with Crippen molar-refractivity contribution < 1.29 is 0 Å². The monoisotopic (exact) mass is 187 g/mol. The summed E-state index contributed by atoms with van der Waals surface area (Å²) in [5.41, 5.74) is 5.46. The molecule has 0 aromatic heterocycles. The van der Waals surface area contributed by atoms with Crippen molar-refractivity contribution in [2.45, 2.75) is 34.1 Å². The van der Waals surface area contributed by atoms with Gasteiger partial charge in [-0.25, -0.2) is 0 Å². The van der Waals surface area contributed by atoms with Gasteiger partial charge in [0, 0.05) is 17.5 Å². The molecule has 0 N–H and O–H groups in total. The summed E-state index contributed by atoms with van der Waals surface area (Å²) in [6, 6.07) is 6.37. The third kappa shape index (κ3) is 1.47. The first-order valence-electron chi connectivity index (χ1n) is 5.15. The van der Waals surface area contributed by atoms with Crippen molar-refractivity contribution in [3.8, 4) is 0 Å². The topological polar surface area (TPSA) is 12.4 Å². The van der Waals surface area contributed by atoms with Gasteiger partial charge in [-0.15, -0.1) is 0 Å². The smallest absolute Gasteiger partial charge is 0.0667 e. The summed E-state index contributed by atoms with van der Waals surface area (Å²) in [6.45, 7) is 8.85. The molecule has 1 heteroatoms. The second-order valence-corrected chi connectivity index (χ2v) is 5.06. The molecule has 74 valence electrons. The van der Waals surface area contributed by atoms with Crippen LogP contribution in [0.5, 0.6) is 0 Å². The van der Waals surface area contributed by atoms with E-state index in [0.29, 0.717) is 0 Å². The molecular weight excluding hydrogens is 170 g/mol. The van der Waals surface area contributed by atoms with Gasteiger partial charge >= 0.3 is 0 Å². The number of rotatable bonds is 0. The van der Waals surface area contributed by atoms with Gasteiger partial charge in [0.2, 0.25) is 0 Å². The lowest BCUT2D eigenvalue weighted by Gasteiger charge is -2.18. The fraction of sp³-hybridized carbons (Fsp3) is 0.462. The third-order valence-corrected chi connectivity index (χ3v) is 2.85. The Hall–Kier alpha value is -1.11. The van der Waals surface area contributed by atoms with Crippen LogP contribution >= 0.6 is 0 Å². The maximum atomic E-state index is 4.70. The summed E-state index contributed by atoms with van der Waals surface area (Å²) in [4.78, 5) is 4.70. The lowest BCUT2D eigenvalue weighted by molar-refractivity contribution is 0.584. The summed E-state index contributed by atoms with van der Waals surface area (Å²) >= 11 is 0. The molecule has 1 aromatic rings. The molecule has 2 rings (SSSR count). The van der Waals surface area contributed by atoms with E-state index in [2.05, 4.69) is 45.9 Å². The van der Waals surface area contributed by atoms with E-state index < -0.39 is 0 Å². The Morgan fingerprint density at radius 3 is 2.50 bits per heavy atom. The molecule has 0 bridgehead atoms. The van der Waals surface area contributed by atoms with Crippen molar-refractivity contribution in [2.24, 2.45) is 10.4 Å². The highest BCUT2D eigenvalue weighted by Crippen LogP contribution is 2.34. The quantitative estimate of drug-likeness (QED) is 0.587. The maximum Gasteiger partial charge on any atom is 0.0667 e. The zero-order chi connectivity index (χ0) is 10.3. The Labute approximate surface area is 85.9 Å². The average Bonchev–Trinajstić information content (AvgIpc) is 2.48. The molecule has 1 aliphatic heterocycles. The number of hydrogen-bond donors (Lipinski definition) is 0. The highest BCUT2D eigenvalue weighted by Gasteiger charge is 2.25. The van der Waals surface area contributed by atoms with E-state index in [9.17, 15) is 0 Å². The molecule has 14 heavy (non-hydrogen) atoms. The highest BCUT2D eigenvalue weighted by atomic mass is 14.8. The van der Waals surface area contributed by atoms with E-state index in [-0.39, 0.29) is 5.41 Å². The van der Waals surface area contributed by atoms with E-state index >= 15 is 0 Å². The van der Waals surface area contributed by atoms with Crippen molar-refractivity contribution in [1.82, 2.24) is 0 Å². The van der Waals surface area contributed by atoms with Gasteiger partial charge in [-0.3, -0.25) is 4.99 Å². The third-order valence-electron chi connectivity index (χ3n) is 2.85. The lowest BCUT2D eigenvalue weighted by atomic mass is 9.87. The van der Waals surface area contributed by atoms with Crippen molar-refractivity contribution in [3.63, 3.8) is 0 Å².